The van der Waals surface area contributed by atoms with E-state index in [1.807, 2.05) is 23.9 Å². The predicted octanol–water partition coefficient (Wildman–Crippen LogP) is 3.99. The Morgan fingerprint density at radius 1 is 1.44 bits per heavy atom. The van der Waals surface area contributed by atoms with Gasteiger partial charge in [-0.3, -0.25) is 9.89 Å². The molecule has 0 spiro atoms. The van der Waals surface area contributed by atoms with E-state index >= 15 is 0 Å². The highest BCUT2D eigenvalue weighted by Crippen LogP contribution is 2.29. The molecule has 0 saturated carbocycles. The number of thiophene rings is 1. The highest BCUT2D eigenvalue weighted by molar-refractivity contribution is 7.20. The van der Waals surface area contributed by atoms with Gasteiger partial charge in [0, 0.05) is 23.7 Å². The highest BCUT2D eigenvalue weighted by Gasteiger charge is 2.26. The average molecular weight is 373 g/mol. The molecule has 1 aliphatic carbocycles. The standard InChI is InChI=1S/C18H20N4OS2/c1-11-5-6-14-13(8-11)16(21-20-14)18(23)22(2)9-12-10-25-17(19-12)15-4-3-7-24-15/h3-4,7,10-11H,5-6,8-9H2,1-2H3,(H,20,21)/t11-/m1/s1. The second kappa shape index (κ2) is 6.72. The van der Waals surface area contributed by atoms with Crippen molar-refractivity contribution in [1.82, 2.24) is 20.1 Å². The van der Waals surface area contributed by atoms with Crippen molar-refractivity contribution in [2.45, 2.75) is 32.7 Å². The third-order valence-electron chi connectivity index (χ3n) is 4.62. The number of fused-ring (bicyclic) bond motifs is 1. The number of aromatic nitrogens is 3. The van der Waals surface area contributed by atoms with Crippen LogP contribution in [0.15, 0.2) is 22.9 Å². The minimum absolute atomic E-state index is 0.0303. The van der Waals surface area contributed by atoms with Crippen LogP contribution in [0.2, 0.25) is 0 Å². The SMILES string of the molecule is C[C@@H]1CCc2[nH]nc(C(=O)N(C)Cc3csc(-c4cccs4)n3)c2C1. The monoisotopic (exact) mass is 372 g/mol. The molecule has 3 aromatic rings. The van der Waals surface area contributed by atoms with Gasteiger partial charge in [-0.05, 0) is 36.6 Å². The summed E-state index contributed by atoms with van der Waals surface area (Å²) in [4.78, 5) is 20.4. The van der Waals surface area contributed by atoms with Crippen LogP contribution in [-0.4, -0.2) is 33.0 Å². The van der Waals surface area contributed by atoms with Crippen LogP contribution in [0.25, 0.3) is 9.88 Å². The summed E-state index contributed by atoms with van der Waals surface area (Å²) in [5.41, 5.74) is 3.73. The smallest absolute Gasteiger partial charge is 0.274 e. The molecule has 1 amide bonds. The van der Waals surface area contributed by atoms with Gasteiger partial charge in [-0.2, -0.15) is 5.10 Å². The van der Waals surface area contributed by atoms with Crippen LogP contribution >= 0.6 is 22.7 Å². The van der Waals surface area contributed by atoms with E-state index in [1.54, 1.807) is 27.6 Å². The van der Waals surface area contributed by atoms with Crippen LogP contribution in [0, 0.1) is 5.92 Å². The molecule has 3 heterocycles. The summed E-state index contributed by atoms with van der Waals surface area (Å²) in [5.74, 6) is 0.575. The molecule has 1 aliphatic rings. The largest absolute Gasteiger partial charge is 0.334 e. The van der Waals surface area contributed by atoms with Crippen LogP contribution in [0.5, 0.6) is 0 Å². The number of aryl methyl sites for hydroxylation is 1. The molecule has 0 aromatic carbocycles. The number of aromatic amines is 1. The van der Waals surface area contributed by atoms with Crippen LogP contribution in [0.3, 0.4) is 0 Å². The number of carbonyl (C=O) groups is 1. The molecule has 7 heteroatoms. The molecule has 130 valence electrons. The van der Waals surface area contributed by atoms with Crippen molar-refractivity contribution >= 4 is 28.6 Å². The molecule has 1 atom stereocenters. The molecule has 3 aromatic heterocycles. The van der Waals surface area contributed by atoms with Crippen LogP contribution in [-0.2, 0) is 19.4 Å². The number of carbonyl (C=O) groups excluding carboxylic acids is 1. The molecule has 0 aliphatic heterocycles. The lowest BCUT2D eigenvalue weighted by Crippen LogP contribution is -2.28. The van der Waals surface area contributed by atoms with E-state index in [0.29, 0.717) is 18.2 Å². The number of H-pyrrole nitrogens is 1. The predicted molar refractivity (Wildman–Crippen MR) is 101 cm³/mol. The van der Waals surface area contributed by atoms with Gasteiger partial charge >= 0.3 is 0 Å². The first-order chi connectivity index (χ1) is 12.1. The Morgan fingerprint density at radius 2 is 2.32 bits per heavy atom. The van der Waals surface area contributed by atoms with Crippen molar-refractivity contribution in [1.29, 1.82) is 0 Å². The molecule has 25 heavy (non-hydrogen) atoms. The van der Waals surface area contributed by atoms with Crippen molar-refractivity contribution in [3.63, 3.8) is 0 Å². The maximum atomic E-state index is 12.8. The van der Waals surface area contributed by atoms with Crippen LogP contribution < -0.4 is 0 Å². The normalized spacial score (nSPS) is 16.6. The lowest BCUT2D eigenvalue weighted by molar-refractivity contribution is 0.0776. The van der Waals surface area contributed by atoms with E-state index in [-0.39, 0.29) is 5.91 Å². The Kier molecular flexibility index (Phi) is 4.43. The zero-order valence-electron chi connectivity index (χ0n) is 14.3. The van der Waals surface area contributed by atoms with Gasteiger partial charge in [-0.25, -0.2) is 4.98 Å². The Bertz CT molecular complexity index is 881. The number of hydrogen-bond donors (Lipinski definition) is 1. The number of nitrogens with zero attached hydrogens (tertiary/aromatic N) is 3. The van der Waals surface area contributed by atoms with Gasteiger partial charge in [-0.1, -0.05) is 13.0 Å². The van der Waals surface area contributed by atoms with E-state index in [1.165, 1.54) is 4.88 Å². The third-order valence-corrected chi connectivity index (χ3v) is 6.55. The van der Waals surface area contributed by atoms with Crippen LogP contribution in [0.4, 0.5) is 0 Å². The van der Waals surface area contributed by atoms with Gasteiger partial charge in [-0.15, -0.1) is 22.7 Å². The molecule has 0 radical (unpaired) electrons. The van der Waals surface area contributed by atoms with E-state index in [2.05, 4.69) is 28.2 Å². The fraction of sp³-hybridized carbons (Fsp3) is 0.389. The summed E-state index contributed by atoms with van der Waals surface area (Å²) in [6, 6.07) is 4.09. The van der Waals surface area contributed by atoms with E-state index in [4.69, 9.17) is 0 Å². The molecule has 0 unspecified atom stereocenters. The zero-order chi connectivity index (χ0) is 17.4. The first-order valence-electron chi connectivity index (χ1n) is 8.41. The second-order valence-corrected chi connectivity index (χ2v) is 8.47. The van der Waals surface area contributed by atoms with Crippen molar-refractivity contribution in [2.24, 2.45) is 5.92 Å². The fourth-order valence-electron chi connectivity index (χ4n) is 3.23. The summed E-state index contributed by atoms with van der Waals surface area (Å²) in [5, 5.41) is 12.5. The summed E-state index contributed by atoms with van der Waals surface area (Å²) < 4.78 is 0. The summed E-state index contributed by atoms with van der Waals surface area (Å²) in [7, 11) is 1.82. The van der Waals surface area contributed by atoms with Gasteiger partial charge < -0.3 is 4.90 Å². The molecule has 0 fully saturated rings. The van der Waals surface area contributed by atoms with Gasteiger partial charge in [0.05, 0.1) is 17.1 Å². The van der Waals surface area contributed by atoms with E-state index in [0.717, 1.165) is 41.2 Å². The highest BCUT2D eigenvalue weighted by atomic mass is 32.1. The second-order valence-electron chi connectivity index (χ2n) is 6.66. The Morgan fingerprint density at radius 3 is 3.12 bits per heavy atom. The van der Waals surface area contributed by atoms with Crippen molar-refractivity contribution in [3.8, 4) is 9.88 Å². The van der Waals surface area contributed by atoms with Crippen molar-refractivity contribution < 1.29 is 4.79 Å². The molecule has 1 N–H and O–H groups in total. The van der Waals surface area contributed by atoms with Gasteiger partial charge in [0.25, 0.3) is 5.91 Å². The molecule has 0 bridgehead atoms. The molecule has 4 rings (SSSR count). The van der Waals surface area contributed by atoms with E-state index in [9.17, 15) is 4.79 Å². The van der Waals surface area contributed by atoms with E-state index < -0.39 is 0 Å². The number of rotatable bonds is 4. The maximum absolute atomic E-state index is 12.8. The van der Waals surface area contributed by atoms with Crippen molar-refractivity contribution in [3.05, 3.63) is 45.5 Å². The minimum Gasteiger partial charge on any atom is -0.334 e. The van der Waals surface area contributed by atoms with Crippen molar-refractivity contribution in [2.75, 3.05) is 7.05 Å². The number of thiazole rings is 1. The molecular weight excluding hydrogens is 352 g/mol. The summed E-state index contributed by atoms with van der Waals surface area (Å²) in [6.07, 6.45) is 3.07. The first-order valence-corrected chi connectivity index (χ1v) is 10.2. The van der Waals surface area contributed by atoms with Crippen LogP contribution in [0.1, 0.15) is 40.8 Å². The minimum atomic E-state index is -0.0303. The van der Waals surface area contributed by atoms with Gasteiger partial charge in [0.1, 0.15) is 5.01 Å². The lowest BCUT2D eigenvalue weighted by atomic mass is 9.87. The summed E-state index contributed by atoms with van der Waals surface area (Å²) in [6.45, 7) is 2.73. The Hall–Kier alpha value is -1.99. The third kappa shape index (κ3) is 3.26. The first kappa shape index (κ1) is 16.5. The Labute approximate surface area is 154 Å². The fourth-order valence-corrected chi connectivity index (χ4v) is 4.86. The zero-order valence-corrected chi connectivity index (χ0v) is 15.9. The van der Waals surface area contributed by atoms with Gasteiger partial charge in [0.2, 0.25) is 0 Å². The summed E-state index contributed by atoms with van der Waals surface area (Å²) >= 11 is 3.30. The lowest BCUT2D eigenvalue weighted by Gasteiger charge is -2.20. The van der Waals surface area contributed by atoms with Gasteiger partial charge in [0.15, 0.2) is 5.69 Å². The maximum Gasteiger partial charge on any atom is 0.274 e. The molecule has 0 saturated heterocycles. The molecule has 5 nitrogen and oxygen atoms in total. The number of hydrogen-bond acceptors (Lipinski definition) is 5. The topological polar surface area (TPSA) is 61.9 Å². The average Bonchev–Trinajstić information content (AvgIpc) is 3.33. The number of nitrogens with one attached hydrogen (secondary N) is 1. The molecular formula is C18H20N4OS2. The quantitative estimate of drug-likeness (QED) is 0.753. The number of amides is 1. The Balaban J connectivity index is 1.49.